The molecular formula is C24H24ClF3N4O3. The van der Waals surface area contributed by atoms with Gasteiger partial charge in [0.25, 0.3) is 0 Å². The van der Waals surface area contributed by atoms with Gasteiger partial charge in [-0.05, 0) is 42.8 Å². The van der Waals surface area contributed by atoms with Crippen molar-refractivity contribution >= 4 is 35.1 Å². The first-order valence-electron chi connectivity index (χ1n) is 11.2. The second-order valence-corrected chi connectivity index (χ2v) is 8.63. The van der Waals surface area contributed by atoms with Crippen molar-refractivity contribution in [3.63, 3.8) is 0 Å². The molecule has 0 unspecified atom stereocenters. The van der Waals surface area contributed by atoms with Crippen LogP contribution < -0.4 is 10.2 Å². The lowest BCUT2D eigenvalue weighted by molar-refractivity contribution is -0.153. The molecule has 0 aromatic heterocycles. The Hall–Kier alpha value is -3.27. The Morgan fingerprint density at radius 1 is 1.11 bits per heavy atom. The zero-order valence-electron chi connectivity index (χ0n) is 18.9. The molecule has 1 fully saturated rings. The zero-order chi connectivity index (χ0) is 25.2. The van der Waals surface area contributed by atoms with Crippen LogP contribution in [-0.4, -0.2) is 55.5 Å². The Kier molecular flexibility index (Phi) is 7.20. The SMILES string of the molecule is CCOC(=O)[C@H]1C(=O)NC(N2CCN(c3cccc(C(F)(F)F)c3)CC2)=N[C@H]1c1cccc(Cl)c1. The lowest BCUT2D eigenvalue weighted by Crippen LogP contribution is -2.57. The molecule has 35 heavy (non-hydrogen) atoms. The Bertz CT molecular complexity index is 1130. The number of piperazine rings is 1. The molecule has 4 rings (SSSR count). The molecule has 0 spiro atoms. The number of halogens is 4. The number of nitrogens with one attached hydrogen (secondary N) is 1. The molecule has 1 N–H and O–H groups in total. The smallest absolute Gasteiger partial charge is 0.416 e. The first kappa shape index (κ1) is 24.8. The third-order valence-electron chi connectivity index (χ3n) is 5.94. The Morgan fingerprint density at radius 3 is 2.46 bits per heavy atom. The second kappa shape index (κ2) is 10.2. The number of hydrogen-bond acceptors (Lipinski definition) is 6. The number of rotatable bonds is 4. The highest BCUT2D eigenvalue weighted by Crippen LogP contribution is 2.33. The van der Waals surface area contributed by atoms with Gasteiger partial charge in [0, 0.05) is 36.9 Å². The van der Waals surface area contributed by atoms with Gasteiger partial charge in [0.2, 0.25) is 11.9 Å². The lowest BCUT2D eigenvalue weighted by Gasteiger charge is -2.39. The highest BCUT2D eigenvalue weighted by Gasteiger charge is 2.42. The summed E-state index contributed by atoms with van der Waals surface area (Å²) in [5.74, 6) is -2.06. The monoisotopic (exact) mass is 508 g/mol. The first-order chi connectivity index (χ1) is 16.7. The molecule has 7 nitrogen and oxygen atoms in total. The van der Waals surface area contributed by atoms with Crippen LogP contribution in [0, 0.1) is 5.92 Å². The first-order valence-corrected chi connectivity index (χ1v) is 11.5. The van der Waals surface area contributed by atoms with E-state index in [1.807, 2.05) is 9.80 Å². The molecule has 0 bridgehead atoms. The maximum absolute atomic E-state index is 13.1. The highest BCUT2D eigenvalue weighted by atomic mass is 35.5. The average molecular weight is 509 g/mol. The number of guanidine groups is 1. The molecule has 0 saturated carbocycles. The second-order valence-electron chi connectivity index (χ2n) is 8.19. The van der Waals surface area contributed by atoms with E-state index in [9.17, 15) is 22.8 Å². The molecule has 1 saturated heterocycles. The van der Waals surface area contributed by atoms with Crippen molar-refractivity contribution in [3.8, 4) is 0 Å². The van der Waals surface area contributed by atoms with Gasteiger partial charge in [0.15, 0.2) is 5.92 Å². The summed E-state index contributed by atoms with van der Waals surface area (Å²) < 4.78 is 44.4. The van der Waals surface area contributed by atoms with E-state index in [0.29, 0.717) is 48.4 Å². The summed E-state index contributed by atoms with van der Waals surface area (Å²) in [4.78, 5) is 33.9. The molecule has 0 radical (unpaired) electrons. The summed E-state index contributed by atoms with van der Waals surface area (Å²) in [6, 6.07) is 11.2. The van der Waals surface area contributed by atoms with E-state index < -0.39 is 35.6 Å². The molecule has 2 aromatic rings. The van der Waals surface area contributed by atoms with E-state index in [1.54, 1.807) is 37.3 Å². The Balaban J connectivity index is 1.54. The fourth-order valence-corrected chi connectivity index (χ4v) is 4.41. The van der Waals surface area contributed by atoms with Crippen molar-refractivity contribution in [2.45, 2.75) is 19.1 Å². The Labute approximate surface area is 205 Å². The number of carbonyl (C=O) groups is 2. The summed E-state index contributed by atoms with van der Waals surface area (Å²) in [6.07, 6.45) is -4.41. The maximum atomic E-state index is 13.1. The van der Waals surface area contributed by atoms with Crippen LogP contribution in [0.1, 0.15) is 24.1 Å². The zero-order valence-corrected chi connectivity index (χ0v) is 19.6. The third kappa shape index (κ3) is 5.53. The van der Waals surface area contributed by atoms with E-state index in [0.717, 1.165) is 12.1 Å². The quantitative estimate of drug-likeness (QED) is 0.501. The average Bonchev–Trinajstić information content (AvgIpc) is 2.83. The van der Waals surface area contributed by atoms with Crippen molar-refractivity contribution in [1.29, 1.82) is 0 Å². The van der Waals surface area contributed by atoms with E-state index >= 15 is 0 Å². The van der Waals surface area contributed by atoms with Crippen LogP contribution in [0.5, 0.6) is 0 Å². The number of amides is 1. The van der Waals surface area contributed by atoms with Gasteiger partial charge in [-0.25, -0.2) is 4.99 Å². The van der Waals surface area contributed by atoms with Gasteiger partial charge in [-0.3, -0.25) is 14.9 Å². The van der Waals surface area contributed by atoms with Gasteiger partial charge in [0.1, 0.15) is 6.04 Å². The van der Waals surface area contributed by atoms with Crippen LogP contribution in [0.2, 0.25) is 5.02 Å². The fourth-order valence-electron chi connectivity index (χ4n) is 4.21. The molecule has 2 aliphatic rings. The van der Waals surface area contributed by atoms with Gasteiger partial charge < -0.3 is 14.5 Å². The van der Waals surface area contributed by atoms with E-state index in [-0.39, 0.29) is 6.61 Å². The normalized spacial score (nSPS) is 20.8. The number of carbonyl (C=O) groups excluding carboxylic acids is 2. The van der Waals surface area contributed by atoms with Crippen LogP contribution in [0.25, 0.3) is 0 Å². The van der Waals surface area contributed by atoms with Crippen molar-refractivity contribution in [2.75, 3.05) is 37.7 Å². The summed E-state index contributed by atoms with van der Waals surface area (Å²) in [7, 11) is 0. The minimum Gasteiger partial charge on any atom is -0.465 e. The van der Waals surface area contributed by atoms with Crippen LogP contribution in [-0.2, 0) is 20.5 Å². The minimum atomic E-state index is -4.41. The largest absolute Gasteiger partial charge is 0.465 e. The highest BCUT2D eigenvalue weighted by molar-refractivity contribution is 6.30. The molecule has 2 atom stereocenters. The van der Waals surface area contributed by atoms with Gasteiger partial charge in [0.05, 0.1) is 12.2 Å². The van der Waals surface area contributed by atoms with Gasteiger partial charge in [-0.2, -0.15) is 13.2 Å². The number of nitrogens with zero attached hydrogens (tertiary/aromatic N) is 3. The van der Waals surface area contributed by atoms with Gasteiger partial charge in [-0.1, -0.05) is 29.8 Å². The number of esters is 1. The van der Waals surface area contributed by atoms with Crippen LogP contribution in [0.3, 0.4) is 0 Å². The van der Waals surface area contributed by atoms with Crippen LogP contribution in [0.15, 0.2) is 53.5 Å². The van der Waals surface area contributed by atoms with E-state index in [2.05, 4.69) is 10.3 Å². The van der Waals surface area contributed by atoms with Crippen molar-refractivity contribution in [1.82, 2.24) is 10.2 Å². The topological polar surface area (TPSA) is 74.2 Å². The third-order valence-corrected chi connectivity index (χ3v) is 6.18. The molecule has 1 amide bonds. The van der Waals surface area contributed by atoms with Crippen LogP contribution >= 0.6 is 11.6 Å². The standard InChI is InChI=1S/C24H24ClF3N4O3/c1-2-35-22(34)19-20(15-5-3-7-17(25)13-15)29-23(30-21(19)33)32-11-9-31(10-12-32)18-8-4-6-16(14-18)24(26,27)28/h3-8,13-14,19-20H,2,9-12H2,1H3,(H,29,30,33)/t19-,20+/m1/s1. The fraction of sp³-hybridized carbons (Fsp3) is 0.375. The number of benzene rings is 2. The van der Waals surface area contributed by atoms with E-state index in [1.165, 1.54) is 6.07 Å². The molecule has 186 valence electrons. The predicted molar refractivity (Wildman–Crippen MR) is 125 cm³/mol. The van der Waals surface area contributed by atoms with Gasteiger partial charge >= 0.3 is 12.1 Å². The lowest BCUT2D eigenvalue weighted by atomic mass is 9.91. The molecule has 2 aliphatic heterocycles. The molecule has 0 aliphatic carbocycles. The summed E-state index contributed by atoms with van der Waals surface area (Å²) in [6.45, 7) is 3.48. The minimum absolute atomic E-state index is 0.124. The number of ether oxygens (including phenoxy) is 1. The summed E-state index contributed by atoms with van der Waals surface area (Å²) in [5, 5.41) is 3.16. The summed E-state index contributed by atoms with van der Waals surface area (Å²) >= 11 is 6.14. The number of aliphatic imine (C=N–C) groups is 1. The number of hydrogen-bond donors (Lipinski definition) is 1. The molecule has 2 heterocycles. The van der Waals surface area contributed by atoms with Crippen molar-refractivity contribution in [2.24, 2.45) is 10.9 Å². The van der Waals surface area contributed by atoms with Crippen molar-refractivity contribution in [3.05, 3.63) is 64.7 Å². The van der Waals surface area contributed by atoms with Gasteiger partial charge in [-0.15, -0.1) is 0 Å². The Morgan fingerprint density at radius 2 is 1.80 bits per heavy atom. The van der Waals surface area contributed by atoms with Crippen molar-refractivity contribution < 1.29 is 27.5 Å². The number of alkyl halides is 3. The maximum Gasteiger partial charge on any atom is 0.416 e. The molecule has 2 aromatic carbocycles. The summed E-state index contributed by atoms with van der Waals surface area (Å²) in [5.41, 5.74) is 0.384. The molecule has 11 heteroatoms. The molecular weight excluding hydrogens is 485 g/mol. The van der Waals surface area contributed by atoms with Crippen LogP contribution in [0.4, 0.5) is 18.9 Å². The van der Waals surface area contributed by atoms with E-state index in [4.69, 9.17) is 16.3 Å². The predicted octanol–water partition coefficient (Wildman–Crippen LogP) is 3.89. The number of anilines is 1.